The number of hydrogen-bond acceptors (Lipinski definition) is 7. The van der Waals surface area contributed by atoms with E-state index in [4.69, 9.17) is 9.47 Å². The molecule has 0 fully saturated rings. The molecule has 0 aromatic heterocycles. The number of fused-ring (bicyclic) bond motifs is 1. The Morgan fingerprint density at radius 3 is 2.16 bits per heavy atom. The zero-order valence-corrected chi connectivity index (χ0v) is 24.7. The van der Waals surface area contributed by atoms with Gasteiger partial charge in [0.2, 0.25) is 5.91 Å². The number of carbonyl (C=O) groups excluding carboxylic acids is 3. The summed E-state index contributed by atoms with van der Waals surface area (Å²) in [6.07, 6.45) is 7.17. The first-order valence-electron chi connectivity index (χ1n) is 14.8. The Balaban J connectivity index is 1.41. The number of hydrogen-bond donors (Lipinski definition) is 3. The van der Waals surface area contributed by atoms with Gasteiger partial charge >= 0.3 is 17.9 Å². The Morgan fingerprint density at radius 2 is 1.47 bits per heavy atom. The first-order chi connectivity index (χ1) is 21.8. The Morgan fingerprint density at radius 1 is 0.844 bits per heavy atom. The van der Waals surface area contributed by atoms with Crippen LogP contribution in [0.15, 0.2) is 121 Å². The molecule has 3 aromatic rings. The van der Waals surface area contributed by atoms with Crippen molar-refractivity contribution in [2.45, 2.75) is 31.8 Å². The van der Waals surface area contributed by atoms with Crippen LogP contribution in [-0.4, -0.2) is 47.6 Å². The van der Waals surface area contributed by atoms with Crippen LogP contribution < -0.4 is 10.6 Å². The van der Waals surface area contributed by atoms with Crippen molar-refractivity contribution >= 4 is 23.8 Å². The molecule has 45 heavy (non-hydrogen) atoms. The van der Waals surface area contributed by atoms with Crippen molar-refractivity contribution in [1.82, 2.24) is 10.6 Å². The van der Waals surface area contributed by atoms with E-state index >= 15 is 0 Å². The fourth-order valence-electron chi connectivity index (χ4n) is 5.09. The van der Waals surface area contributed by atoms with Crippen LogP contribution in [0.1, 0.15) is 18.1 Å². The molecule has 0 bridgehead atoms. The zero-order chi connectivity index (χ0) is 31.8. The maximum atomic E-state index is 13.8. The van der Waals surface area contributed by atoms with Crippen molar-refractivity contribution in [2.24, 2.45) is 11.8 Å². The van der Waals surface area contributed by atoms with E-state index in [2.05, 4.69) is 10.6 Å². The van der Waals surface area contributed by atoms with Gasteiger partial charge in [-0.2, -0.15) is 0 Å². The molecule has 2 aliphatic rings. The number of aliphatic carboxylic acids is 1. The highest BCUT2D eigenvalue weighted by Gasteiger charge is 2.38. The van der Waals surface area contributed by atoms with Gasteiger partial charge in [0.25, 0.3) is 5.95 Å². The van der Waals surface area contributed by atoms with Crippen molar-refractivity contribution in [3.8, 4) is 11.1 Å². The molecule has 1 aliphatic carbocycles. The normalized spacial score (nSPS) is 17.2. The van der Waals surface area contributed by atoms with Gasteiger partial charge in [-0.3, -0.25) is 19.7 Å². The van der Waals surface area contributed by atoms with Crippen LogP contribution in [0.25, 0.3) is 11.1 Å². The molecule has 3 aromatic carbocycles. The highest BCUT2D eigenvalue weighted by atomic mass is 16.7. The summed E-state index contributed by atoms with van der Waals surface area (Å²) < 4.78 is 11.0. The van der Waals surface area contributed by atoms with Crippen molar-refractivity contribution in [2.75, 3.05) is 6.54 Å². The lowest BCUT2D eigenvalue weighted by Crippen LogP contribution is -2.53. The number of nitrogens with one attached hydrogen (secondary N) is 2. The van der Waals surface area contributed by atoms with Gasteiger partial charge in [0.05, 0.1) is 17.5 Å². The Kier molecular flexibility index (Phi) is 10.0. The number of cyclic esters (lactones) is 1. The molecule has 1 aliphatic heterocycles. The van der Waals surface area contributed by atoms with E-state index in [1.165, 1.54) is 6.92 Å². The highest BCUT2D eigenvalue weighted by molar-refractivity contribution is 5.86. The first kappa shape index (κ1) is 31.2. The summed E-state index contributed by atoms with van der Waals surface area (Å²) in [5.41, 5.74) is 4.15. The molecule has 5 rings (SSSR count). The van der Waals surface area contributed by atoms with E-state index in [9.17, 15) is 24.3 Å². The zero-order valence-electron chi connectivity index (χ0n) is 24.7. The third-order valence-corrected chi connectivity index (χ3v) is 7.69. The molecule has 0 saturated heterocycles. The number of amides is 1. The average molecular weight is 607 g/mol. The monoisotopic (exact) mass is 606 g/mol. The van der Waals surface area contributed by atoms with Crippen LogP contribution in [-0.2, 0) is 41.5 Å². The van der Waals surface area contributed by atoms with Crippen LogP contribution in [0, 0.1) is 11.8 Å². The van der Waals surface area contributed by atoms with Gasteiger partial charge < -0.3 is 19.9 Å². The second-order valence-electron chi connectivity index (χ2n) is 11.0. The van der Waals surface area contributed by atoms with Gasteiger partial charge in [0.15, 0.2) is 0 Å². The molecule has 3 unspecified atom stereocenters. The predicted octanol–water partition coefficient (Wildman–Crippen LogP) is 4.36. The molecule has 1 heterocycles. The van der Waals surface area contributed by atoms with Gasteiger partial charge in [-0.15, -0.1) is 0 Å². The fraction of sp³-hybridized carbons (Fsp3) is 0.222. The van der Waals surface area contributed by atoms with Crippen molar-refractivity contribution in [3.63, 3.8) is 0 Å². The summed E-state index contributed by atoms with van der Waals surface area (Å²) in [7, 11) is 0. The maximum absolute atomic E-state index is 13.8. The van der Waals surface area contributed by atoms with E-state index in [1.807, 2.05) is 84.9 Å². The third kappa shape index (κ3) is 8.01. The van der Waals surface area contributed by atoms with Gasteiger partial charge in [-0.25, -0.2) is 4.79 Å². The number of rotatable bonds is 13. The van der Waals surface area contributed by atoms with Crippen LogP contribution in [0.3, 0.4) is 0 Å². The number of esters is 2. The third-order valence-electron chi connectivity index (χ3n) is 7.69. The predicted molar refractivity (Wildman–Crippen MR) is 167 cm³/mol. The SMILES string of the molecule is CC(CNC(=O)[C@H](Cc1ccccc1)NC(Cc1ccc(-c2ccccc2)cc1)C(=O)OC1=C2C=CC=CC2C(=O)O1)C(=O)O. The van der Waals surface area contributed by atoms with Crippen LogP contribution in [0.4, 0.5) is 0 Å². The average Bonchev–Trinajstić information content (AvgIpc) is 3.38. The Bertz CT molecular complexity index is 1630. The highest BCUT2D eigenvalue weighted by Crippen LogP contribution is 2.32. The number of ether oxygens (including phenoxy) is 2. The molecule has 0 saturated carbocycles. The van der Waals surface area contributed by atoms with Crippen LogP contribution in [0.5, 0.6) is 0 Å². The number of benzene rings is 3. The molecule has 230 valence electrons. The van der Waals surface area contributed by atoms with Gasteiger partial charge in [0, 0.05) is 6.54 Å². The van der Waals surface area contributed by atoms with Crippen LogP contribution >= 0.6 is 0 Å². The van der Waals surface area contributed by atoms with Gasteiger partial charge in [-0.05, 0) is 35.1 Å². The Labute approximate surface area is 261 Å². The minimum absolute atomic E-state index is 0.0787. The lowest BCUT2D eigenvalue weighted by Gasteiger charge is -2.25. The van der Waals surface area contributed by atoms with Crippen molar-refractivity contribution in [3.05, 3.63) is 132 Å². The Hall–Kier alpha value is -5.28. The van der Waals surface area contributed by atoms with E-state index < -0.39 is 47.7 Å². The summed E-state index contributed by atoms with van der Waals surface area (Å²) in [4.78, 5) is 51.0. The molecule has 9 nitrogen and oxygen atoms in total. The molecule has 3 N–H and O–H groups in total. The summed E-state index contributed by atoms with van der Waals surface area (Å²) in [6.45, 7) is 1.42. The molecule has 1 amide bonds. The standard InChI is InChI=1S/C36H34N2O7/c1-23(33(40)41)22-37-32(39)30(20-24-10-4-2-5-11-24)38-31(21-25-16-18-27(19-17-25)26-12-6-3-7-13-26)35(43)45-36-29-15-9-8-14-28(29)34(42)44-36/h2-19,23,28,30-31,38H,20-22H2,1H3,(H,37,39)(H,40,41)/t23?,28?,30-,31?/m0/s1. The van der Waals surface area contributed by atoms with E-state index in [1.54, 1.807) is 24.3 Å². The van der Waals surface area contributed by atoms with E-state index in [0.717, 1.165) is 22.3 Å². The second kappa shape index (κ2) is 14.5. The molecule has 9 heteroatoms. The van der Waals surface area contributed by atoms with E-state index in [-0.39, 0.29) is 25.3 Å². The molecular weight excluding hydrogens is 572 g/mol. The lowest BCUT2D eigenvalue weighted by atomic mass is 9.97. The fourth-order valence-corrected chi connectivity index (χ4v) is 5.09. The molecular formula is C36H34N2O7. The maximum Gasteiger partial charge on any atom is 0.331 e. The van der Waals surface area contributed by atoms with Crippen LogP contribution in [0.2, 0.25) is 0 Å². The summed E-state index contributed by atoms with van der Waals surface area (Å²) in [6, 6.07) is 25.0. The van der Waals surface area contributed by atoms with Gasteiger partial charge in [-0.1, -0.05) is 116 Å². The van der Waals surface area contributed by atoms with E-state index in [0.29, 0.717) is 5.57 Å². The molecule has 4 atom stereocenters. The van der Waals surface area contributed by atoms with Crippen molar-refractivity contribution < 1.29 is 33.8 Å². The minimum Gasteiger partial charge on any atom is -0.481 e. The second-order valence-corrected chi connectivity index (χ2v) is 11.0. The number of carbonyl (C=O) groups is 4. The largest absolute Gasteiger partial charge is 0.481 e. The quantitative estimate of drug-likeness (QED) is 0.245. The number of carboxylic acid groups (broad SMARTS) is 1. The molecule has 0 radical (unpaired) electrons. The van der Waals surface area contributed by atoms with Crippen molar-refractivity contribution in [1.29, 1.82) is 0 Å². The van der Waals surface area contributed by atoms with Gasteiger partial charge in [0.1, 0.15) is 12.0 Å². The number of allylic oxidation sites excluding steroid dienone is 3. The number of carboxylic acids is 1. The summed E-state index contributed by atoms with van der Waals surface area (Å²) in [5.74, 6) is -4.39. The topological polar surface area (TPSA) is 131 Å². The summed E-state index contributed by atoms with van der Waals surface area (Å²) >= 11 is 0. The summed E-state index contributed by atoms with van der Waals surface area (Å²) in [5, 5.41) is 15.2. The molecule has 0 spiro atoms. The first-order valence-corrected chi connectivity index (χ1v) is 14.8. The lowest BCUT2D eigenvalue weighted by molar-refractivity contribution is -0.153. The smallest absolute Gasteiger partial charge is 0.331 e. The minimum atomic E-state index is -1.03.